The van der Waals surface area contributed by atoms with E-state index in [1.807, 2.05) is 13.1 Å². The van der Waals surface area contributed by atoms with E-state index in [0.29, 0.717) is 0 Å². The number of aliphatic imine (C=N–C) groups is 1. The van der Waals surface area contributed by atoms with E-state index in [9.17, 15) is 0 Å². The summed E-state index contributed by atoms with van der Waals surface area (Å²) < 4.78 is 0. The maximum absolute atomic E-state index is 4.69. The number of hydrogen-bond acceptors (Lipinski definition) is 3. The van der Waals surface area contributed by atoms with Gasteiger partial charge in [0.15, 0.2) is 5.96 Å². The maximum atomic E-state index is 4.69. The topological polar surface area (TPSA) is 40.5 Å². The van der Waals surface area contributed by atoms with Crippen LogP contribution in [-0.4, -0.2) is 36.5 Å². The lowest BCUT2D eigenvalue weighted by Gasteiger charge is -2.21. The van der Waals surface area contributed by atoms with Gasteiger partial charge in [-0.05, 0) is 12.8 Å². The van der Waals surface area contributed by atoms with Gasteiger partial charge in [-0.25, -0.2) is 4.98 Å². The van der Waals surface area contributed by atoms with Crippen LogP contribution in [0, 0.1) is 0 Å². The van der Waals surface area contributed by atoms with Crippen LogP contribution in [0.4, 0.5) is 0 Å². The fourth-order valence-corrected chi connectivity index (χ4v) is 2.82. The van der Waals surface area contributed by atoms with Crippen molar-refractivity contribution in [3.8, 4) is 0 Å². The number of guanidine groups is 1. The predicted molar refractivity (Wildman–Crippen MR) is 93.1 cm³/mol. The highest BCUT2D eigenvalue weighted by Gasteiger charge is 2.17. The Morgan fingerprint density at radius 2 is 2.24 bits per heavy atom. The van der Waals surface area contributed by atoms with Crippen molar-refractivity contribution in [1.82, 2.24) is 15.2 Å². The molecule has 5 heteroatoms. The SMILES string of the molecule is C=CCCCN(C)C(=NC)NCc1nc(C(C)(C)C)cs1. The van der Waals surface area contributed by atoms with E-state index < -0.39 is 0 Å². The molecule has 0 aliphatic heterocycles. The molecule has 1 rings (SSSR count). The summed E-state index contributed by atoms with van der Waals surface area (Å²) in [5.41, 5.74) is 1.26. The molecule has 0 atom stereocenters. The second kappa shape index (κ2) is 8.17. The van der Waals surface area contributed by atoms with Crippen molar-refractivity contribution in [1.29, 1.82) is 0 Å². The molecular formula is C16H28N4S. The third-order valence-corrected chi connectivity index (χ3v) is 4.04. The molecule has 1 N–H and O–H groups in total. The molecule has 4 nitrogen and oxygen atoms in total. The first kappa shape index (κ1) is 17.7. The van der Waals surface area contributed by atoms with Crippen LogP contribution in [0.1, 0.15) is 44.3 Å². The molecule has 0 aliphatic rings. The van der Waals surface area contributed by atoms with Crippen LogP contribution in [0.2, 0.25) is 0 Å². The Kier molecular flexibility index (Phi) is 6.89. The fraction of sp³-hybridized carbons (Fsp3) is 0.625. The van der Waals surface area contributed by atoms with E-state index in [0.717, 1.165) is 42.6 Å². The first-order chi connectivity index (χ1) is 9.88. The molecule has 0 bridgehead atoms. The summed E-state index contributed by atoms with van der Waals surface area (Å²) in [6.07, 6.45) is 4.07. The molecule has 1 aromatic rings. The van der Waals surface area contributed by atoms with Crippen LogP contribution in [0.15, 0.2) is 23.0 Å². The minimum absolute atomic E-state index is 0.109. The van der Waals surface area contributed by atoms with Crippen molar-refractivity contribution in [2.45, 2.75) is 45.6 Å². The van der Waals surface area contributed by atoms with Gasteiger partial charge in [0.25, 0.3) is 0 Å². The average molecular weight is 308 g/mol. The van der Waals surface area contributed by atoms with Gasteiger partial charge in [-0.1, -0.05) is 26.8 Å². The molecule has 0 aliphatic carbocycles. The van der Waals surface area contributed by atoms with E-state index in [4.69, 9.17) is 4.98 Å². The highest BCUT2D eigenvalue weighted by molar-refractivity contribution is 7.09. The summed E-state index contributed by atoms with van der Waals surface area (Å²) >= 11 is 1.70. The summed E-state index contributed by atoms with van der Waals surface area (Å²) in [7, 11) is 3.87. The predicted octanol–water partition coefficient (Wildman–Crippen LogP) is 3.41. The summed E-state index contributed by atoms with van der Waals surface area (Å²) in [6, 6.07) is 0. The van der Waals surface area contributed by atoms with Crippen LogP contribution in [0.25, 0.3) is 0 Å². The summed E-state index contributed by atoms with van der Waals surface area (Å²) in [5, 5.41) is 6.62. The molecular weight excluding hydrogens is 280 g/mol. The first-order valence-corrected chi connectivity index (χ1v) is 8.24. The number of unbranched alkanes of at least 4 members (excludes halogenated alkanes) is 1. The molecule has 0 fully saturated rings. The van der Waals surface area contributed by atoms with Crippen LogP contribution in [-0.2, 0) is 12.0 Å². The zero-order valence-electron chi connectivity index (χ0n) is 13.9. The van der Waals surface area contributed by atoms with Crippen LogP contribution in [0.5, 0.6) is 0 Å². The van der Waals surface area contributed by atoms with E-state index >= 15 is 0 Å². The number of allylic oxidation sites excluding steroid dienone is 1. The molecule has 0 saturated heterocycles. The third-order valence-electron chi connectivity index (χ3n) is 3.19. The normalized spacial score (nSPS) is 12.3. The van der Waals surface area contributed by atoms with Gasteiger partial charge in [0.05, 0.1) is 12.2 Å². The molecule has 0 aromatic carbocycles. The van der Waals surface area contributed by atoms with Gasteiger partial charge in [0.2, 0.25) is 0 Å². The second-order valence-electron chi connectivity index (χ2n) is 6.13. The Labute approximate surface area is 133 Å². The van der Waals surface area contributed by atoms with Crippen molar-refractivity contribution in [2.24, 2.45) is 4.99 Å². The van der Waals surface area contributed by atoms with Crippen molar-refractivity contribution in [2.75, 3.05) is 20.6 Å². The lowest BCUT2D eigenvalue weighted by atomic mass is 9.93. The van der Waals surface area contributed by atoms with Gasteiger partial charge < -0.3 is 10.2 Å². The van der Waals surface area contributed by atoms with E-state index in [2.05, 4.69) is 55.0 Å². The highest BCUT2D eigenvalue weighted by Crippen LogP contribution is 2.23. The highest BCUT2D eigenvalue weighted by atomic mass is 32.1. The molecule has 0 amide bonds. The van der Waals surface area contributed by atoms with E-state index in [1.165, 1.54) is 0 Å². The Morgan fingerprint density at radius 3 is 2.76 bits per heavy atom. The molecule has 118 valence electrons. The standard InChI is InChI=1S/C16H28N4S/c1-7-8-9-10-20(6)15(17-5)18-11-14-19-13(12-21-14)16(2,3)4/h7,12H,1,8-11H2,2-6H3,(H,17,18). The number of nitrogens with one attached hydrogen (secondary N) is 1. The van der Waals surface area contributed by atoms with Gasteiger partial charge in [0, 0.05) is 31.4 Å². The third kappa shape index (κ3) is 5.87. The van der Waals surface area contributed by atoms with Crippen LogP contribution in [0.3, 0.4) is 0 Å². The largest absolute Gasteiger partial charge is 0.350 e. The lowest BCUT2D eigenvalue weighted by Crippen LogP contribution is -2.39. The lowest BCUT2D eigenvalue weighted by molar-refractivity contribution is 0.469. The fourth-order valence-electron chi connectivity index (χ4n) is 1.85. The number of aromatic nitrogens is 1. The van der Waals surface area contributed by atoms with Gasteiger partial charge in [-0.3, -0.25) is 4.99 Å². The second-order valence-corrected chi connectivity index (χ2v) is 7.07. The summed E-state index contributed by atoms with van der Waals surface area (Å²) in [6.45, 7) is 12.0. The number of hydrogen-bond donors (Lipinski definition) is 1. The zero-order valence-corrected chi connectivity index (χ0v) is 14.8. The van der Waals surface area contributed by atoms with E-state index in [-0.39, 0.29) is 5.41 Å². The number of rotatable bonds is 6. The minimum Gasteiger partial charge on any atom is -0.350 e. The molecule has 0 radical (unpaired) electrons. The molecule has 21 heavy (non-hydrogen) atoms. The average Bonchev–Trinajstić information content (AvgIpc) is 2.88. The first-order valence-electron chi connectivity index (χ1n) is 7.36. The van der Waals surface area contributed by atoms with Crippen molar-refractivity contribution < 1.29 is 0 Å². The van der Waals surface area contributed by atoms with Crippen LogP contribution >= 0.6 is 11.3 Å². The number of nitrogens with zero attached hydrogens (tertiary/aromatic N) is 3. The molecule has 0 unspecified atom stereocenters. The van der Waals surface area contributed by atoms with Gasteiger partial charge in [-0.15, -0.1) is 17.9 Å². The molecule has 1 heterocycles. The quantitative estimate of drug-likeness (QED) is 0.379. The summed E-state index contributed by atoms with van der Waals surface area (Å²) in [5.74, 6) is 0.909. The van der Waals surface area contributed by atoms with Gasteiger partial charge in [0.1, 0.15) is 5.01 Å². The zero-order chi connectivity index (χ0) is 15.9. The van der Waals surface area contributed by atoms with Crippen molar-refractivity contribution >= 4 is 17.3 Å². The van der Waals surface area contributed by atoms with Crippen molar-refractivity contribution in [3.63, 3.8) is 0 Å². The van der Waals surface area contributed by atoms with E-state index in [1.54, 1.807) is 11.3 Å². The van der Waals surface area contributed by atoms with Gasteiger partial charge >= 0.3 is 0 Å². The van der Waals surface area contributed by atoms with Gasteiger partial charge in [-0.2, -0.15) is 0 Å². The van der Waals surface area contributed by atoms with Crippen LogP contribution < -0.4 is 5.32 Å². The molecule has 0 saturated carbocycles. The Bertz CT molecular complexity index is 471. The smallest absolute Gasteiger partial charge is 0.193 e. The minimum atomic E-state index is 0.109. The summed E-state index contributed by atoms with van der Waals surface area (Å²) in [4.78, 5) is 11.2. The maximum Gasteiger partial charge on any atom is 0.193 e. The Balaban J connectivity index is 2.52. The monoisotopic (exact) mass is 308 g/mol. The molecule has 1 aromatic heterocycles. The Morgan fingerprint density at radius 1 is 1.52 bits per heavy atom. The Hall–Kier alpha value is -1.36. The number of thiazole rings is 1. The molecule has 0 spiro atoms. The van der Waals surface area contributed by atoms with Crippen molar-refractivity contribution in [3.05, 3.63) is 28.7 Å².